The number of amides is 1. The molecule has 1 unspecified atom stereocenters. The van der Waals surface area contributed by atoms with Crippen molar-refractivity contribution in [3.05, 3.63) is 76.7 Å². The van der Waals surface area contributed by atoms with Crippen molar-refractivity contribution >= 4 is 11.6 Å². The van der Waals surface area contributed by atoms with Gasteiger partial charge in [-0.3, -0.25) is 4.79 Å². The molecular formula is C15H14N4O. The van der Waals surface area contributed by atoms with Crippen LogP contribution in [0.3, 0.4) is 0 Å². The second-order valence-electron chi connectivity index (χ2n) is 4.25. The summed E-state index contributed by atoms with van der Waals surface area (Å²) in [6, 6.07) is 17.4. The van der Waals surface area contributed by atoms with Gasteiger partial charge in [-0.05, 0) is 23.2 Å². The molecule has 0 aromatic heterocycles. The van der Waals surface area contributed by atoms with Gasteiger partial charge < -0.3 is 4.90 Å². The van der Waals surface area contributed by atoms with Gasteiger partial charge in [0.25, 0.3) is 0 Å². The fourth-order valence-corrected chi connectivity index (χ4v) is 1.91. The van der Waals surface area contributed by atoms with E-state index in [1.807, 2.05) is 48.5 Å². The quantitative estimate of drug-likeness (QED) is 0.472. The Kier molecular flexibility index (Phi) is 4.37. The van der Waals surface area contributed by atoms with E-state index in [-0.39, 0.29) is 5.91 Å². The van der Waals surface area contributed by atoms with Gasteiger partial charge in [0, 0.05) is 17.6 Å². The predicted molar refractivity (Wildman–Crippen MR) is 78.2 cm³/mol. The molecule has 2 aromatic rings. The van der Waals surface area contributed by atoms with Gasteiger partial charge in [0.1, 0.15) is 6.04 Å². The second kappa shape index (κ2) is 6.41. The summed E-state index contributed by atoms with van der Waals surface area (Å²) < 4.78 is 0. The summed E-state index contributed by atoms with van der Waals surface area (Å²) in [5, 5.41) is 3.63. The number of carbonyl (C=O) groups excluding carboxylic acids is 1. The summed E-state index contributed by atoms with van der Waals surface area (Å²) in [5.41, 5.74) is 10.1. The molecule has 0 spiro atoms. The van der Waals surface area contributed by atoms with Crippen LogP contribution in [0.2, 0.25) is 0 Å². The van der Waals surface area contributed by atoms with Crippen LogP contribution in [0.5, 0.6) is 0 Å². The third-order valence-corrected chi connectivity index (χ3v) is 2.99. The molecule has 0 aliphatic heterocycles. The largest absolute Gasteiger partial charge is 0.315 e. The summed E-state index contributed by atoms with van der Waals surface area (Å²) in [6.07, 6.45) is 0. The lowest BCUT2D eigenvalue weighted by Crippen LogP contribution is -2.30. The minimum Gasteiger partial charge on any atom is -0.315 e. The lowest BCUT2D eigenvalue weighted by Gasteiger charge is -2.21. The molecule has 0 heterocycles. The Morgan fingerprint density at radius 1 is 1.10 bits per heavy atom. The smallest absolute Gasteiger partial charge is 0.240 e. The molecule has 100 valence electrons. The molecule has 5 heteroatoms. The molecule has 0 radical (unpaired) electrons. The highest BCUT2D eigenvalue weighted by Gasteiger charge is 2.23. The van der Waals surface area contributed by atoms with Crippen LogP contribution in [0.4, 0.5) is 5.69 Å². The molecule has 0 N–H and O–H groups in total. The van der Waals surface area contributed by atoms with Crippen molar-refractivity contribution in [1.29, 1.82) is 0 Å². The van der Waals surface area contributed by atoms with Gasteiger partial charge in [-0.1, -0.05) is 53.6 Å². The molecule has 1 amide bonds. The normalized spacial score (nSPS) is 11.2. The second-order valence-corrected chi connectivity index (χ2v) is 4.25. The molecule has 20 heavy (non-hydrogen) atoms. The van der Waals surface area contributed by atoms with Crippen molar-refractivity contribution < 1.29 is 4.79 Å². The maximum absolute atomic E-state index is 12.5. The lowest BCUT2D eigenvalue weighted by atomic mass is 10.1. The van der Waals surface area contributed by atoms with Gasteiger partial charge in [0.15, 0.2) is 0 Å². The van der Waals surface area contributed by atoms with Gasteiger partial charge in [0.05, 0.1) is 0 Å². The molecule has 0 bridgehead atoms. The first-order valence-electron chi connectivity index (χ1n) is 6.16. The molecule has 0 saturated heterocycles. The maximum Gasteiger partial charge on any atom is 0.240 e. The summed E-state index contributed by atoms with van der Waals surface area (Å²) in [4.78, 5) is 16.8. The predicted octanol–water partition coefficient (Wildman–Crippen LogP) is 3.70. The number of benzene rings is 2. The van der Waals surface area contributed by atoms with Crippen LogP contribution in [-0.2, 0) is 4.79 Å². The average Bonchev–Trinajstić information content (AvgIpc) is 2.53. The van der Waals surface area contributed by atoms with E-state index in [9.17, 15) is 4.79 Å². The maximum atomic E-state index is 12.5. The molecule has 0 aliphatic carbocycles. The van der Waals surface area contributed by atoms with Crippen molar-refractivity contribution in [3.63, 3.8) is 0 Å². The summed E-state index contributed by atoms with van der Waals surface area (Å²) in [5.74, 6) is -0.264. The van der Waals surface area contributed by atoms with Crippen LogP contribution in [0, 0.1) is 0 Å². The van der Waals surface area contributed by atoms with Gasteiger partial charge in [0.2, 0.25) is 5.91 Å². The molecule has 5 nitrogen and oxygen atoms in total. The Bertz CT molecular complexity index is 621. The number of carbonyl (C=O) groups is 1. The average molecular weight is 266 g/mol. The van der Waals surface area contributed by atoms with Gasteiger partial charge in [-0.25, -0.2) is 0 Å². The van der Waals surface area contributed by atoms with E-state index in [0.29, 0.717) is 5.56 Å². The van der Waals surface area contributed by atoms with Crippen molar-refractivity contribution in [2.75, 3.05) is 11.9 Å². The topological polar surface area (TPSA) is 69.1 Å². The zero-order chi connectivity index (χ0) is 14.4. The number of likely N-dealkylation sites (N-methyl/N-ethyl adjacent to an activating group) is 1. The van der Waals surface area contributed by atoms with Crippen LogP contribution in [0.25, 0.3) is 10.4 Å². The summed E-state index contributed by atoms with van der Waals surface area (Å²) in [6.45, 7) is 0. The number of para-hydroxylation sites is 1. The number of hydrogen-bond donors (Lipinski definition) is 0. The highest BCUT2D eigenvalue weighted by Crippen LogP contribution is 2.23. The van der Waals surface area contributed by atoms with E-state index < -0.39 is 6.04 Å². The van der Waals surface area contributed by atoms with Crippen LogP contribution < -0.4 is 4.90 Å². The van der Waals surface area contributed by atoms with Crippen molar-refractivity contribution in [1.82, 2.24) is 0 Å². The van der Waals surface area contributed by atoms with Crippen molar-refractivity contribution in [3.8, 4) is 0 Å². The Hall–Kier alpha value is -2.78. The highest BCUT2D eigenvalue weighted by atomic mass is 16.2. The molecule has 2 aromatic carbocycles. The minimum absolute atomic E-state index is 0.264. The van der Waals surface area contributed by atoms with Gasteiger partial charge in [-0.2, -0.15) is 0 Å². The van der Waals surface area contributed by atoms with Gasteiger partial charge in [-0.15, -0.1) is 0 Å². The van der Waals surface area contributed by atoms with Crippen molar-refractivity contribution in [2.24, 2.45) is 5.11 Å². The highest BCUT2D eigenvalue weighted by molar-refractivity contribution is 5.97. The first kappa shape index (κ1) is 13.6. The number of nitrogens with zero attached hydrogens (tertiary/aromatic N) is 4. The fraction of sp³-hybridized carbons (Fsp3) is 0.133. The molecule has 2 rings (SSSR count). The SMILES string of the molecule is CN(C(=O)C(N=[N+]=[N-])c1ccccc1)c1ccccc1. The Morgan fingerprint density at radius 3 is 2.20 bits per heavy atom. The van der Waals surface area contributed by atoms with E-state index >= 15 is 0 Å². The first-order valence-corrected chi connectivity index (χ1v) is 6.16. The van der Waals surface area contributed by atoms with E-state index in [4.69, 9.17) is 5.53 Å². The molecule has 0 saturated carbocycles. The van der Waals surface area contributed by atoms with E-state index in [1.165, 1.54) is 4.90 Å². The molecule has 0 fully saturated rings. The number of rotatable bonds is 4. The van der Waals surface area contributed by atoms with Crippen LogP contribution >= 0.6 is 0 Å². The molecule has 0 aliphatic rings. The standard InChI is InChI=1S/C15H14N4O/c1-19(13-10-6-3-7-11-13)15(20)14(17-18-16)12-8-4-2-5-9-12/h2-11,14H,1H3. The zero-order valence-corrected chi connectivity index (χ0v) is 11.0. The Labute approximate surface area is 117 Å². The first-order chi connectivity index (χ1) is 9.74. The van der Waals surface area contributed by atoms with Crippen molar-refractivity contribution in [2.45, 2.75) is 6.04 Å². The fourth-order valence-electron chi connectivity index (χ4n) is 1.91. The summed E-state index contributed by atoms with van der Waals surface area (Å²) in [7, 11) is 1.67. The third-order valence-electron chi connectivity index (χ3n) is 2.99. The van der Waals surface area contributed by atoms with Gasteiger partial charge >= 0.3 is 0 Å². The Morgan fingerprint density at radius 2 is 1.65 bits per heavy atom. The van der Waals surface area contributed by atoms with E-state index in [2.05, 4.69) is 10.0 Å². The Balaban J connectivity index is 2.31. The number of azide groups is 1. The third kappa shape index (κ3) is 2.96. The summed E-state index contributed by atoms with van der Waals surface area (Å²) >= 11 is 0. The zero-order valence-electron chi connectivity index (χ0n) is 11.0. The van der Waals surface area contributed by atoms with Crippen LogP contribution in [-0.4, -0.2) is 13.0 Å². The monoisotopic (exact) mass is 266 g/mol. The molecule has 1 atom stereocenters. The number of hydrogen-bond acceptors (Lipinski definition) is 2. The van der Waals surface area contributed by atoms with E-state index in [1.54, 1.807) is 19.2 Å². The number of anilines is 1. The molecular weight excluding hydrogens is 252 g/mol. The minimum atomic E-state index is -0.855. The lowest BCUT2D eigenvalue weighted by molar-refractivity contribution is -0.119. The van der Waals surface area contributed by atoms with Crippen LogP contribution in [0.15, 0.2) is 65.8 Å². The van der Waals surface area contributed by atoms with Crippen LogP contribution in [0.1, 0.15) is 11.6 Å². The van der Waals surface area contributed by atoms with E-state index in [0.717, 1.165) is 5.69 Å².